The SMILES string of the molecule is Cc1cccc(-c2nc(O)c(C)c(=O)[nH]2)c1C. The average molecular weight is 230 g/mol. The zero-order valence-corrected chi connectivity index (χ0v) is 10.0. The van der Waals surface area contributed by atoms with E-state index in [1.54, 1.807) is 0 Å². The van der Waals surface area contributed by atoms with Crippen LogP contribution in [-0.4, -0.2) is 15.1 Å². The fraction of sp³-hybridized carbons (Fsp3) is 0.231. The Morgan fingerprint density at radius 2 is 1.88 bits per heavy atom. The van der Waals surface area contributed by atoms with Gasteiger partial charge in [-0.1, -0.05) is 18.2 Å². The first-order valence-electron chi connectivity index (χ1n) is 5.37. The molecule has 0 aliphatic heterocycles. The fourth-order valence-corrected chi connectivity index (χ4v) is 1.66. The summed E-state index contributed by atoms with van der Waals surface area (Å²) < 4.78 is 0. The number of hydrogen-bond acceptors (Lipinski definition) is 3. The molecule has 2 aromatic rings. The zero-order chi connectivity index (χ0) is 12.6. The van der Waals surface area contributed by atoms with Gasteiger partial charge in [-0.15, -0.1) is 0 Å². The Labute approximate surface area is 99.0 Å². The molecule has 0 radical (unpaired) electrons. The smallest absolute Gasteiger partial charge is 0.257 e. The van der Waals surface area contributed by atoms with E-state index in [4.69, 9.17) is 0 Å². The Hall–Kier alpha value is -2.10. The Morgan fingerprint density at radius 1 is 1.18 bits per heavy atom. The molecule has 2 rings (SSSR count). The number of rotatable bonds is 1. The lowest BCUT2D eigenvalue weighted by Crippen LogP contribution is -2.12. The number of nitrogens with zero attached hydrogens (tertiary/aromatic N) is 1. The standard InChI is InChI=1S/C13H14N2O2/c1-7-5-4-6-10(8(7)2)11-14-12(16)9(3)13(17)15-11/h4-6H,1-3H3,(H2,14,15,16,17). The minimum atomic E-state index is -0.312. The molecule has 0 atom stereocenters. The topological polar surface area (TPSA) is 66.0 Å². The van der Waals surface area contributed by atoms with Gasteiger partial charge in [0.2, 0.25) is 5.88 Å². The van der Waals surface area contributed by atoms with E-state index in [2.05, 4.69) is 9.97 Å². The van der Waals surface area contributed by atoms with E-state index in [-0.39, 0.29) is 17.0 Å². The van der Waals surface area contributed by atoms with Crippen LogP contribution in [0, 0.1) is 20.8 Å². The van der Waals surface area contributed by atoms with Crippen LogP contribution >= 0.6 is 0 Å². The Kier molecular flexibility index (Phi) is 2.71. The van der Waals surface area contributed by atoms with Crippen LogP contribution in [0.5, 0.6) is 5.88 Å². The number of aromatic nitrogens is 2. The molecule has 0 bridgehead atoms. The molecule has 0 saturated heterocycles. The van der Waals surface area contributed by atoms with Gasteiger partial charge in [-0.25, -0.2) is 0 Å². The second-order valence-electron chi connectivity index (χ2n) is 4.11. The molecule has 4 heteroatoms. The summed E-state index contributed by atoms with van der Waals surface area (Å²) >= 11 is 0. The molecule has 88 valence electrons. The summed E-state index contributed by atoms with van der Waals surface area (Å²) in [6.07, 6.45) is 0. The number of aryl methyl sites for hydroxylation is 1. The van der Waals surface area contributed by atoms with Crippen LogP contribution in [0.2, 0.25) is 0 Å². The molecule has 0 amide bonds. The Morgan fingerprint density at radius 3 is 2.53 bits per heavy atom. The second kappa shape index (κ2) is 4.05. The van der Waals surface area contributed by atoms with Gasteiger partial charge in [-0.2, -0.15) is 4.98 Å². The van der Waals surface area contributed by atoms with E-state index in [9.17, 15) is 9.90 Å². The first kappa shape index (κ1) is 11.4. The van der Waals surface area contributed by atoms with Gasteiger partial charge in [-0.3, -0.25) is 4.79 Å². The monoisotopic (exact) mass is 230 g/mol. The van der Waals surface area contributed by atoms with E-state index in [0.29, 0.717) is 5.82 Å². The van der Waals surface area contributed by atoms with Gasteiger partial charge in [0.1, 0.15) is 5.82 Å². The largest absolute Gasteiger partial charge is 0.493 e. The van der Waals surface area contributed by atoms with E-state index >= 15 is 0 Å². The quantitative estimate of drug-likeness (QED) is 0.788. The number of H-pyrrole nitrogens is 1. The van der Waals surface area contributed by atoms with Crippen LogP contribution in [0.15, 0.2) is 23.0 Å². The van der Waals surface area contributed by atoms with Crippen molar-refractivity contribution >= 4 is 0 Å². The highest BCUT2D eigenvalue weighted by Gasteiger charge is 2.10. The molecule has 0 spiro atoms. The maximum Gasteiger partial charge on any atom is 0.257 e. The molecule has 1 heterocycles. The van der Waals surface area contributed by atoms with Crippen molar-refractivity contribution in [3.05, 3.63) is 45.2 Å². The summed E-state index contributed by atoms with van der Waals surface area (Å²) in [4.78, 5) is 18.3. The lowest BCUT2D eigenvalue weighted by molar-refractivity contribution is 0.447. The molecule has 17 heavy (non-hydrogen) atoms. The minimum absolute atomic E-state index is 0.218. The molecular weight excluding hydrogens is 216 g/mol. The summed E-state index contributed by atoms with van der Waals surface area (Å²) in [5, 5.41) is 9.57. The van der Waals surface area contributed by atoms with Crippen molar-refractivity contribution in [2.45, 2.75) is 20.8 Å². The Balaban J connectivity index is 2.70. The third-order valence-corrected chi connectivity index (χ3v) is 2.99. The Bertz CT molecular complexity index is 630. The number of benzene rings is 1. The number of nitrogens with one attached hydrogen (secondary N) is 1. The van der Waals surface area contributed by atoms with Crippen molar-refractivity contribution in [1.29, 1.82) is 0 Å². The van der Waals surface area contributed by atoms with Crippen molar-refractivity contribution in [3.8, 4) is 17.3 Å². The van der Waals surface area contributed by atoms with Crippen molar-refractivity contribution in [2.75, 3.05) is 0 Å². The van der Waals surface area contributed by atoms with E-state index in [1.165, 1.54) is 6.92 Å². The van der Waals surface area contributed by atoms with Crippen LogP contribution in [0.3, 0.4) is 0 Å². The van der Waals surface area contributed by atoms with Gasteiger partial charge in [0.05, 0.1) is 5.56 Å². The van der Waals surface area contributed by atoms with Crippen molar-refractivity contribution in [2.24, 2.45) is 0 Å². The van der Waals surface area contributed by atoms with Gasteiger partial charge < -0.3 is 10.1 Å². The molecule has 0 unspecified atom stereocenters. The predicted octanol–water partition coefficient (Wildman–Crippen LogP) is 2.07. The van der Waals surface area contributed by atoms with E-state index < -0.39 is 0 Å². The summed E-state index contributed by atoms with van der Waals surface area (Å²) in [5.41, 5.74) is 2.91. The van der Waals surface area contributed by atoms with Crippen molar-refractivity contribution < 1.29 is 5.11 Å². The maximum atomic E-state index is 11.6. The van der Waals surface area contributed by atoms with Gasteiger partial charge in [0.25, 0.3) is 5.56 Å². The molecule has 1 aromatic carbocycles. The molecule has 0 aliphatic carbocycles. The molecule has 2 N–H and O–H groups in total. The van der Waals surface area contributed by atoms with Gasteiger partial charge >= 0.3 is 0 Å². The normalized spacial score (nSPS) is 10.5. The number of aromatic amines is 1. The second-order valence-corrected chi connectivity index (χ2v) is 4.11. The van der Waals surface area contributed by atoms with Gasteiger partial charge in [0.15, 0.2) is 0 Å². The van der Waals surface area contributed by atoms with Crippen LogP contribution in [-0.2, 0) is 0 Å². The molecule has 1 aromatic heterocycles. The molecule has 0 fully saturated rings. The zero-order valence-electron chi connectivity index (χ0n) is 10.0. The van der Waals surface area contributed by atoms with Gasteiger partial charge in [-0.05, 0) is 31.9 Å². The summed E-state index contributed by atoms with van der Waals surface area (Å²) in [6.45, 7) is 5.49. The fourth-order valence-electron chi connectivity index (χ4n) is 1.66. The lowest BCUT2D eigenvalue weighted by Gasteiger charge is -2.08. The highest BCUT2D eigenvalue weighted by atomic mass is 16.3. The van der Waals surface area contributed by atoms with Crippen molar-refractivity contribution in [3.63, 3.8) is 0 Å². The molecular formula is C13H14N2O2. The number of hydrogen-bond donors (Lipinski definition) is 2. The number of aromatic hydroxyl groups is 1. The highest BCUT2D eigenvalue weighted by molar-refractivity contribution is 5.62. The predicted molar refractivity (Wildman–Crippen MR) is 66.2 cm³/mol. The first-order chi connectivity index (χ1) is 8.00. The summed E-state index contributed by atoms with van der Waals surface area (Å²) in [5.74, 6) is 0.184. The van der Waals surface area contributed by atoms with E-state index in [1.807, 2.05) is 32.0 Å². The first-order valence-corrected chi connectivity index (χ1v) is 5.37. The third-order valence-electron chi connectivity index (χ3n) is 2.99. The highest BCUT2D eigenvalue weighted by Crippen LogP contribution is 2.23. The summed E-state index contributed by atoms with van der Waals surface area (Å²) in [6, 6.07) is 5.76. The van der Waals surface area contributed by atoms with Gasteiger partial charge in [0, 0.05) is 5.56 Å². The minimum Gasteiger partial charge on any atom is -0.493 e. The average Bonchev–Trinajstić information content (AvgIpc) is 2.29. The van der Waals surface area contributed by atoms with Crippen LogP contribution < -0.4 is 5.56 Å². The summed E-state index contributed by atoms with van der Waals surface area (Å²) in [7, 11) is 0. The lowest BCUT2D eigenvalue weighted by atomic mass is 10.0. The maximum absolute atomic E-state index is 11.6. The van der Waals surface area contributed by atoms with Crippen LogP contribution in [0.25, 0.3) is 11.4 Å². The van der Waals surface area contributed by atoms with Crippen LogP contribution in [0.1, 0.15) is 16.7 Å². The van der Waals surface area contributed by atoms with Crippen molar-refractivity contribution in [1.82, 2.24) is 9.97 Å². The molecule has 4 nitrogen and oxygen atoms in total. The molecule has 0 aliphatic rings. The van der Waals surface area contributed by atoms with Crippen LogP contribution in [0.4, 0.5) is 0 Å². The van der Waals surface area contributed by atoms with E-state index in [0.717, 1.165) is 16.7 Å². The molecule has 0 saturated carbocycles. The third kappa shape index (κ3) is 1.93.